The van der Waals surface area contributed by atoms with E-state index < -0.39 is 7.60 Å². The summed E-state index contributed by atoms with van der Waals surface area (Å²) in [7, 11) is -2.50. The number of hydrogen-bond acceptors (Lipinski definition) is 4. The molecule has 0 saturated carbocycles. The van der Waals surface area contributed by atoms with E-state index in [0.717, 1.165) is 22.4 Å². The first kappa shape index (κ1) is 19.9. The van der Waals surface area contributed by atoms with Gasteiger partial charge in [-0.15, -0.1) is 0 Å². The van der Waals surface area contributed by atoms with Gasteiger partial charge in [-0.1, -0.05) is 24.8 Å². The van der Waals surface area contributed by atoms with Crippen LogP contribution in [0.5, 0.6) is 11.5 Å². The molecular weight excluding hydrogens is 353 g/mol. The van der Waals surface area contributed by atoms with Gasteiger partial charge in [-0.05, 0) is 48.7 Å². The van der Waals surface area contributed by atoms with Crippen LogP contribution in [-0.4, -0.2) is 22.8 Å². The smallest absolute Gasteiger partial charge is 0.329 e. The SMILES string of the molecule is C=CN=C(Oc1ccc(CP(=O)(O)O)cc1)c1cc(OC)c(C)cc1C. The molecule has 6 nitrogen and oxygen atoms in total. The molecule has 7 heteroatoms. The summed E-state index contributed by atoms with van der Waals surface area (Å²) in [5, 5.41) is 0. The van der Waals surface area contributed by atoms with Crippen LogP contribution in [0.4, 0.5) is 0 Å². The van der Waals surface area contributed by atoms with E-state index in [2.05, 4.69) is 11.6 Å². The van der Waals surface area contributed by atoms with Gasteiger partial charge in [0.25, 0.3) is 0 Å². The predicted molar refractivity (Wildman–Crippen MR) is 102 cm³/mol. The quantitative estimate of drug-likeness (QED) is 0.453. The van der Waals surface area contributed by atoms with Gasteiger partial charge in [0.2, 0.25) is 5.90 Å². The van der Waals surface area contributed by atoms with Crippen LogP contribution >= 0.6 is 7.60 Å². The van der Waals surface area contributed by atoms with Crippen LogP contribution in [0.25, 0.3) is 0 Å². The Hall–Kier alpha value is -2.40. The molecule has 0 aliphatic heterocycles. The predicted octanol–water partition coefficient (Wildman–Crippen LogP) is 3.96. The number of nitrogens with zero attached hydrogens (tertiary/aromatic N) is 1. The zero-order valence-electron chi connectivity index (χ0n) is 15.0. The molecule has 0 aliphatic carbocycles. The van der Waals surface area contributed by atoms with E-state index in [9.17, 15) is 4.57 Å². The number of aryl methyl sites for hydroxylation is 2. The summed E-state index contributed by atoms with van der Waals surface area (Å²) in [5.74, 6) is 1.58. The van der Waals surface area contributed by atoms with Gasteiger partial charge in [-0.2, -0.15) is 0 Å². The second kappa shape index (κ2) is 8.32. The maximum Gasteiger partial charge on any atom is 0.329 e. The summed E-state index contributed by atoms with van der Waals surface area (Å²) in [5.41, 5.74) is 3.28. The lowest BCUT2D eigenvalue weighted by molar-refractivity contribution is 0.371. The molecule has 0 unspecified atom stereocenters. The Labute approximate surface area is 153 Å². The first-order valence-electron chi connectivity index (χ1n) is 7.89. The second-order valence-corrected chi connectivity index (χ2v) is 7.47. The Morgan fingerprint density at radius 2 is 1.85 bits per heavy atom. The van der Waals surface area contributed by atoms with Gasteiger partial charge in [0, 0.05) is 11.8 Å². The van der Waals surface area contributed by atoms with Crippen LogP contribution < -0.4 is 9.47 Å². The Balaban J connectivity index is 2.31. The van der Waals surface area contributed by atoms with Gasteiger partial charge in [0.15, 0.2) is 0 Å². The van der Waals surface area contributed by atoms with Crippen molar-refractivity contribution >= 4 is 13.5 Å². The third-order valence-electron chi connectivity index (χ3n) is 3.71. The number of ether oxygens (including phenoxy) is 2. The molecular formula is C19H22NO5P. The van der Waals surface area contributed by atoms with Crippen molar-refractivity contribution in [3.8, 4) is 11.5 Å². The van der Waals surface area contributed by atoms with Gasteiger partial charge in [-0.25, -0.2) is 4.99 Å². The molecule has 2 rings (SSSR count). The van der Waals surface area contributed by atoms with E-state index >= 15 is 0 Å². The Morgan fingerprint density at radius 1 is 1.19 bits per heavy atom. The topological polar surface area (TPSA) is 88.4 Å². The first-order valence-corrected chi connectivity index (χ1v) is 9.69. The van der Waals surface area contributed by atoms with Crippen LogP contribution in [-0.2, 0) is 10.7 Å². The van der Waals surface area contributed by atoms with Gasteiger partial charge >= 0.3 is 7.60 Å². The van der Waals surface area contributed by atoms with Crippen LogP contribution in [0.1, 0.15) is 22.3 Å². The summed E-state index contributed by atoms with van der Waals surface area (Å²) < 4.78 is 22.3. The van der Waals surface area contributed by atoms with Crippen LogP contribution in [0.15, 0.2) is 54.2 Å². The molecule has 138 valence electrons. The van der Waals surface area contributed by atoms with Crippen LogP contribution in [0, 0.1) is 13.8 Å². The number of benzene rings is 2. The average Bonchev–Trinajstić information content (AvgIpc) is 2.55. The van der Waals surface area contributed by atoms with Crippen LogP contribution in [0.3, 0.4) is 0 Å². The molecule has 0 heterocycles. The third-order valence-corrected chi connectivity index (χ3v) is 4.48. The Morgan fingerprint density at radius 3 is 2.38 bits per heavy atom. The molecule has 0 radical (unpaired) electrons. The van der Waals surface area contributed by atoms with Gasteiger partial charge in [0.1, 0.15) is 11.5 Å². The average molecular weight is 375 g/mol. The highest BCUT2D eigenvalue weighted by molar-refractivity contribution is 7.50. The van der Waals surface area contributed by atoms with Crippen molar-refractivity contribution in [2.75, 3.05) is 7.11 Å². The minimum absolute atomic E-state index is 0.310. The molecule has 0 saturated heterocycles. The maximum atomic E-state index is 11.1. The van der Waals surface area contributed by atoms with Gasteiger partial charge in [-0.3, -0.25) is 4.57 Å². The molecule has 2 N–H and O–H groups in total. The molecule has 26 heavy (non-hydrogen) atoms. The largest absolute Gasteiger partial charge is 0.496 e. The Kier molecular flexibility index (Phi) is 6.37. The monoisotopic (exact) mass is 375 g/mol. The van der Waals surface area contributed by atoms with Crippen molar-refractivity contribution < 1.29 is 23.8 Å². The fourth-order valence-electron chi connectivity index (χ4n) is 2.53. The van der Waals surface area contributed by atoms with Crippen molar-refractivity contribution in [1.82, 2.24) is 0 Å². The highest BCUT2D eigenvalue weighted by Crippen LogP contribution is 2.39. The zero-order chi connectivity index (χ0) is 19.3. The minimum Gasteiger partial charge on any atom is -0.496 e. The molecule has 0 spiro atoms. The number of aliphatic imine (C=N–C) groups is 1. The zero-order valence-corrected chi connectivity index (χ0v) is 15.9. The maximum absolute atomic E-state index is 11.1. The van der Waals surface area contributed by atoms with Crippen molar-refractivity contribution in [1.29, 1.82) is 0 Å². The summed E-state index contributed by atoms with van der Waals surface area (Å²) in [6, 6.07) is 10.4. The lowest BCUT2D eigenvalue weighted by Gasteiger charge is -2.14. The van der Waals surface area contributed by atoms with E-state index in [1.165, 1.54) is 6.20 Å². The molecule has 0 aromatic heterocycles. The van der Waals surface area contributed by atoms with Gasteiger partial charge < -0.3 is 19.3 Å². The Bertz CT molecular complexity index is 868. The highest BCUT2D eigenvalue weighted by atomic mass is 31.2. The van der Waals surface area contributed by atoms with E-state index in [1.807, 2.05) is 26.0 Å². The summed E-state index contributed by atoms with van der Waals surface area (Å²) in [6.07, 6.45) is 1.08. The molecule has 0 atom stereocenters. The van der Waals surface area contributed by atoms with Crippen molar-refractivity contribution in [3.05, 3.63) is 71.4 Å². The minimum atomic E-state index is -4.10. The second-order valence-electron chi connectivity index (χ2n) is 5.82. The fourth-order valence-corrected chi connectivity index (χ4v) is 3.22. The van der Waals surface area contributed by atoms with E-state index in [-0.39, 0.29) is 6.16 Å². The van der Waals surface area contributed by atoms with Gasteiger partial charge in [0.05, 0.1) is 13.3 Å². The molecule has 2 aromatic rings. The van der Waals surface area contributed by atoms with E-state index in [1.54, 1.807) is 31.4 Å². The standard InChI is InChI=1S/C19H22NO5P/c1-5-20-19(17-11-18(24-4)14(3)10-13(17)2)25-16-8-6-15(7-9-16)12-26(21,22)23/h5-11H,1,12H2,2-4H3,(H2,21,22,23). The first-order chi connectivity index (χ1) is 12.2. The summed E-state index contributed by atoms with van der Waals surface area (Å²) in [6.45, 7) is 7.54. The number of hydrogen-bond donors (Lipinski definition) is 2. The third kappa shape index (κ3) is 5.30. The highest BCUT2D eigenvalue weighted by Gasteiger charge is 2.15. The lowest BCUT2D eigenvalue weighted by atomic mass is 10.0. The van der Waals surface area contributed by atoms with E-state index in [4.69, 9.17) is 19.3 Å². The normalized spacial score (nSPS) is 12.0. The molecule has 0 fully saturated rings. The van der Waals surface area contributed by atoms with Crippen molar-refractivity contribution in [2.24, 2.45) is 4.99 Å². The molecule has 0 bridgehead atoms. The van der Waals surface area contributed by atoms with Crippen molar-refractivity contribution in [3.63, 3.8) is 0 Å². The molecule has 0 aliphatic rings. The van der Waals surface area contributed by atoms with E-state index in [0.29, 0.717) is 17.2 Å². The summed E-state index contributed by atoms with van der Waals surface area (Å²) in [4.78, 5) is 22.3. The molecule has 2 aromatic carbocycles. The fraction of sp³-hybridized carbons (Fsp3) is 0.211. The number of rotatable bonds is 6. The van der Waals surface area contributed by atoms with Crippen molar-refractivity contribution in [2.45, 2.75) is 20.0 Å². The lowest BCUT2D eigenvalue weighted by Crippen LogP contribution is -2.12. The molecule has 0 amide bonds. The summed E-state index contributed by atoms with van der Waals surface area (Å²) >= 11 is 0. The van der Waals surface area contributed by atoms with Crippen LogP contribution in [0.2, 0.25) is 0 Å². The number of methoxy groups -OCH3 is 1.